The highest BCUT2D eigenvalue weighted by molar-refractivity contribution is 6.31. The molecule has 2 rings (SSSR count). The van der Waals surface area contributed by atoms with E-state index < -0.39 is 0 Å². The van der Waals surface area contributed by atoms with E-state index in [1.165, 1.54) is 19.3 Å². The van der Waals surface area contributed by atoms with Crippen LogP contribution in [0.4, 0.5) is 0 Å². The molecule has 4 heteroatoms. The van der Waals surface area contributed by atoms with Crippen molar-refractivity contribution in [2.45, 2.75) is 45.1 Å². The van der Waals surface area contributed by atoms with Gasteiger partial charge in [0.05, 0.1) is 6.04 Å². The number of carbonyl (C=O) groups excluding carboxylic acids is 1. The van der Waals surface area contributed by atoms with E-state index in [9.17, 15) is 4.79 Å². The lowest BCUT2D eigenvalue weighted by Crippen LogP contribution is -2.40. The maximum absolute atomic E-state index is 11.8. The summed E-state index contributed by atoms with van der Waals surface area (Å²) in [5.74, 6) is 0.131. The molecule has 1 aromatic carbocycles. The molecular weight excluding hydrogens is 284 g/mol. The molecule has 0 aliphatic carbocycles. The Bertz CT molecular complexity index is 458. The number of hydrogen-bond donors (Lipinski definition) is 1. The zero-order valence-corrected chi connectivity index (χ0v) is 13.5. The van der Waals surface area contributed by atoms with E-state index in [1.54, 1.807) is 0 Å². The minimum absolute atomic E-state index is 0.131. The number of benzene rings is 1. The van der Waals surface area contributed by atoms with Crippen LogP contribution in [-0.2, 0) is 4.79 Å². The lowest BCUT2D eigenvalue weighted by atomic mass is 10.0. The molecule has 1 saturated heterocycles. The third kappa shape index (κ3) is 4.72. The van der Waals surface area contributed by atoms with E-state index >= 15 is 0 Å². The molecule has 1 fully saturated rings. The molecule has 3 nitrogen and oxygen atoms in total. The molecule has 1 aromatic rings. The fourth-order valence-corrected chi connectivity index (χ4v) is 3.20. The molecule has 1 aliphatic heterocycles. The van der Waals surface area contributed by atoms with Crippen LogP contribution in [0.15, 0.2) is 24.3 Å². The smallest absolute Gasteiger partial charge is 0.220 e. The molecular formula is C17H25ClN2O. The lowest BCUT2D eigenvalue weighted by molar-refractivity contribution is -0.121. The van der Waals surface area contributed by atoms with Crippen LogP contribution in [0.3, 0.4) is 0 Å². The minimum Gasteiger partial charge on any atom is -0.354 e. The normalized spacial score (nSPS) is 17.4. The highest BCUT2D eigenvalue weighted by atomic mass is 35.5. The molecule has 0 aromatic heterocycles. The standard InChI is InChI=1S/C17H25ClN2O/c1-2-8-17(21)19-13-16(20-11-6-3-7-12-20)14-9-4-5-10-15(14)18/h4-5,9-10,16H,2-3,6-8,11-13H2,1H3,(H,19,21). The van der Waals surface area contributed by atoms with Crippen molar-refractivity contribution in [3.63, 3.8) is 0 Å². The van der Waals surface area contributed by atoms with E-state index in [0.717, 1.165) is 30.1 Å². The molecule has 1 heterocycles. The predicted molar refractivity (Wildman–Crippen MR) is 87.5 cm³/mol. The van der Waals surface area contributed by atoms with Gasteiger partial charge in [-0.05, 0) is 44.0 Å². The summed E-state index contributed by atoms with van der Waals surface area (Å²) in [5, 5.41) is 3.86. The summed E-state index contributed by atoms with van der Waals surface area (Å²) in [6, 6.07) is 8.16. The second-order valence-electron chi connectivity index (χ2n) is 5.69. The van der Waals surface area contributed by atoms with Crippen LogP contribution in [0.5, 0.6) is 0 Å². The molecule has 1 atom stereocenters. The van der Waals surface area contributed by atoms with Gasteiger partial charge in [0.2, 0.25) is 5.91 Å². The molecule has 1 N–H and O–H groups in total. The molecule has 116 valence electrons. The van der Waals surface area contributed by atoms with E-state index in [-0.39, 0.29) is 11.9 Å². The van der Waals surface area contributed by atoms with Crippen molar-refractivity contribution in [2.75, 3.05) is 19.6 Å². The summed E-state index contributed by atoms with van der Waals surface area (Å²) in [4.78, 5) is 14.2. The molecule has 0 saturated carbocycles. The van der Waals surface area contributed by atoms with E-state index in [4.69, 9.17) is 11.6 Å². The average molecular weight is 309 g/mol. The van der Waals surface area contributed by atoms with E-state index in [1.807, 2.05) is 25.1 Å². The van der Waals surface area contributed by atoms with Crippen LogP contribution in [0.1, 0.15) is 50.6 Å². The molecule has 0 spiro atoms. The Labute approximate surface area is 132 Å². The largest absolute Gasteiger partial charge is 0.354 e. The van der Waals surface area contributed by atoms with Gasteiger partial charge < -0.3 is 5.32 Å². The number of likely N-dealkylation sites (tertiary alicyclic amines) is 1. The van der Waals surface area contributed by atoms with E-state index in [0.29, 0.717) is 13.0 Å². The molecule has 1 unspecified atom stereocenters. The maximum atomic E-state index is 11.8. The zero-order valence-electron chi connectivity index (χ0n) is 12.8. The van der Waals surface area contributed by atoms with Gasteiger partial charge in [-0.15, -0.1) is 0 Å². The van der Waals surface area contributed by atoms with Crippen LogP contribution in [0.25, 0.3) is 0 Å². The third-order valence-corrected chi connectivity index (χ3v) is 4.41. The Morgan fingerprint density at radius 2 is 2.00 bits per heavy atom. The van der Waals surface area contributed by atoms with Crippen molar-refractivity contribution < 1.29 is 4.79 Å². The summed E-state index contributed by atoms with van der Waals surface area (Å²) >= 11 is 6.38. The fourth-order valence-electron chi connectivity index (χ4n) is 2.94. The Balaban J connectivity index is 2.10. The van der Waals surface area contributed by atoms with Gasteiger partial charge >= 0.3 is 0 Å². The van der Waals surface area contributed by atoms with Crippen LogP contribution < -0.4 is 5.32 Å². The average Bonchev–Trinajstić information content (AvgIpc) is 2.50. The SMILES string of the molecule is CCCC(=O)NCC(c1ccccc1Cl)N1CCCCC1. The van der Waals surface area contributed by atoms with Crippen molar-refractivity contribution in [1.82, 2.24) is 10.2 Å². The second kappa shape index (κ2) is 8.40. The number of halogens is 1. The van der Waals surface area contributed by atoms with Crippen molar-refractivity contribution in [1.29, 1.82) is 0 Å². The molecule has 21 heavy (non-hydrogen) atoms. The summed E-state index contributed by atoms with van der Waals surface area (Å²) in [7, 11) is 0. The number of rotatable bonds is 6. The number of hydrogen-bond acceptors (Lipinski definition) is 2. The third-order valence-electron chi connectivity index (χ3n) is 4.07. The van der Waals surface area contributed by atoms with Crippen molar-refractivity contribution in [3.05, 3.63) is 34.9 Å². The zero-order chi connectivity index (χ0) is 15.1. The first-order valence-corrected chi connectivity index (χ1v) is 8.35. The van der Waals surface area contributed by atoms with Crippen molar-refractivity contribution in [2.24, 2.45) is 0 Å². The van der Waals surface area contributed by atoms with E-state index in [2.05, 4.69) is 16.3 Å². The monoisotopic (exact) mass is 308 g/mol. The number of carbonyl (C=O) groups is 1. The second-order valence-corrected chi connectivity index (χ2v) is 6.10. The number of nitrogens with zero attached hydrogens (tertiary/aromatic N) is 1. The Hall–Kier alpha value is -1.06. The summed E-state index contributed by atoms with van der Waals surface area (Å²) in [5.41, 5.74) is 1.12. The van der Waals surface area contributed by atoms with Gasteiger partial charge in [-0.25, -0.2) is 0 Å². The van der Waals surface area contributed by atoms with Crippen LogP contribution >= 0.6 is 11.6 Å². The number of amides is 1. The molecule has 0 radical (unpaired) electrons. The maximum Gasteiger partial charge on any atom is 0.220 e. The van der Waals surface area contributed by atoms with Gasteiger partial charge in [-0.2, -0.15) is 0 Å². The first kappa shape index (κ1) is 16.3. The van der Waals surface area contributed by atoms with Gasteiger partial charge in [0.25, 0.3) is 0 Å². The lowest BCUT2D eigenvalue weighted by Gasteiger charge is -2.35. The topological polar surface area (TPSA) is 32.3 Å². The van der Waals surface area contributed by atoms with Crippen LogP contribution in [0.2, 0.25) is 5.02 Å². The number of nitrogens with one attached hydrogen (secondary N) is 1. The Kier molecular flexibility index (Phi) is 6.52. The first-order valence-electron chi connectivity index (χ1n) is 7.97. The quantitative estimate of drug-likeness (QED) is 0.867. The Morgan fingerprint density at radius 3 is 2.67 bits per heavy atom. The van der Waals surface area contributed by atoms with Gasteiger partial charge in [0.15, 0.2) is 0 Å². The van der Waals surface area contributed by atoms with Gasteiger partial charge in [-0.3, -0.25) is 9.69 Å². The summed E-state index contributed by atoms with van der Waals surface area (Å²) in [6.07, 6.45) is 5.23. The fraction of sp³-hybridized carbons (Fsp3) is 0.588. The molecule has 0 bridgehead atoms. The van der Waals surface area contributed by atoms with Gasteiger partial charge in [0, 0.05) is 18.0 Å². The predicted octanol–water partition coefficient (Wildman–Crippen LogP) is 3.78. The van der Waals surface area contributed by atoms with Crippen molar-refractivity contribution >= 4 is 17.5 Å². The first-order chi connectivity index (χ1) is 10.2. The molecule has 1 aliphatic rings. The van der Waals surface area contributed by atoms with Crippen molar-refractivity contribution in [3.8, 4) is 0 Å². The van der Waals surface area contributed by atoms with Crippen LogP contribution in [-0.4, -0.2) is 30.4 Å². The summed E-state index contributed by atoms with van der Waals surface area (Å²) < 4.78 is 0. The minimum atomic E-state index is 0.131. The summed E-state index contributed by atoms with van der Waals surface area (Å²) in [6.45, 7) is 4.83. The molecule has 1 amide bonds. The highest BCUT2D eigenvalue weighted by Gasteiger charge is 2.24. The van der Waals surface area contributed by atoms with Gasteiger partial charge in [0.1, 0.15) is 0 Å². The Morgan fingerprint density at radius 1 is 1.29 bits per heavy atom. The van der Waals surface area contributed by atoms with Crippen LogP contribution in [0, 0.1) is 0 Å². The van der Waals surface area contributed by atoms with Gasteiger partial charge in [-0.1, -0.05) is 43.1 Å². The number of piperidine rings is 1. The highest BCUT2D eigenvalue weighted by Crippen LogP contribution is 2.29.